The molecule has 1 aromatic rings. The van der Waals surface area contributed by atoms with Crippen LogP contribution in [-0.4, -0.2) is 36.7 Å². The molecule has 1 aliphatic heterocycles. The molecule has 5 heteroatoms. The quantitative estimate of drug-likeness (QED) is 0.866. The summed E-state index contributed by atoms with van der Waals surface area (Å²) in [6, 6.07) is 10.2. The zero-order chi connectivity index (χ0) is 15.6. The first kappa shape index (κ1) is 15.0. The van der Waals surface area contributed by atoms with E-state index >= 15 is 0 Å². The predicted octanol–water partition coefficient (Wildman–Crippen LogP) is 1.57. The fourth-order valence-corrected chi connectivity index (χ4v) is 3.27. The van der Waals surface area contributed by atoms with Crippen LogP contribution in [0, 0.1) is 11.8 Å². The normalized spacial score (nSPS) is 26.2. The Hall–Kier alpha value is -1.88. The highest BCUT2D eigenvalue weighted by atomic mass is 16.5. The predicted molar refractivity (Wildman–Crippen MR) is 80.4 cm³/mol. The summed E-state index contributed by atoms with van der Waals surface area (Å²) in [6.07, 6.45) is 2.19. The third kappa shape index (κ3) is 2.99. The molecule has 0 bridgehead atoms. The standard InChI is InChI=1S/C17H21NO4/c19-15(13-10-14(13)16(20)21)18-11-17(6-8-22-9-7-17)12-4-2-1-3-5-12/h1-5,13-14H,6-11H2,(H,18,19)(H,20,21)/t13-,14+/m0/s1. The number of hydrogen-bond acceptors (Lipinski definition) is 3. The third-order valence-electron chi connectivity index (χ3n) is 4.88. The van der Waals surface area contributed by atoms with Crippen LogP contribution in [0.1, 0.15) is 24.8 Å². The van der Waals surface area contributed by atoms with E-state index in [1.165, 1.54) is 5.56 Å². The van der Waals surface area contributed by atoms with Crippen molar-refractivity contribution in [3.8, 4) is 0 Å². The van der Waals surface area contributed by atoms with Crippen molar-refractivity contribution in [2.75, 3.05) is 19.8 Å². The summed E-state index contributed by atoms with van der Waals surface area (Å²) in [7, 11) is 0. The highest BCUT2D eigenvalue weighted by molar-refractivity contribution is 5.89. The molecule has 0 unspecified atom stereocenters. The molecule has 1 amide bonds. The lowest BCUT2D eigenvalue weighted by Gasteiger charge is -2.38. The minimum Gasteiger partial charge on any atom is -0.481 e. The summed E-state index contributed by atoms with van der Waals surface area (Å²) in [5.74, 6) is -1.86. The molecule has 5 nitrogen and oxygen atoms in total. The first-order chi connectivity index (χ1) is 10.6. The van der Waals surface area contributed by atoms with Gasteiger partial charge in [0.05, 0.1) is 11.8 Å². The van der Waals surface area contributed by atoms with Crippen LogP contribution in [0.15, 0.2) is 30.3 Å². The van der Waals surface area contributed by atoms with E-state index in [1.807, 2.05) is 18.2 Å². The molecule has 1 saturated heterocycles. The van der Waals surface area contributed by atoms with Crippen molar-refractivity contribution in [1.82, 2.24) is 5.32 Å². The van der Waals surface area contributed by atoms with Crippen molar-refractivity contribution in [1.29, 1.82) is 0 Å². The lowest BCUT2D eigenvalue weighted by atomic mass is 9.74. The first-order valence-electron chi connectivity index (χ1n) is 7.76. The van der Waals surface area contributed by atoms with Crippen LogP contribution >= 0.6 is 0 Å². The van der Waals surface area contributed by atoms with Gasteiger partial charge in [-0.2, -0.15) is 0 Å². The Balaban J connectivity index is 1.67. The monoisotopic (exact) mass is 303 g/mol. The molecule has 2 atom stereocenters. The first-order valence-corrected chi connectivity index (χ1v) is 7.76. The second kappa shape index (κ2) is 6.08. The van der Waals surface area contributed by atoms with Crippen molar-refractivity contribution in [2.24, 2.45) is 11.8 Å². The van der Waals surface area contributed by atoms with Crippen LogP contribution in [0.25, 0.3) is 0 Å². The van der Waals surface area contributed by atoms with E-state index in [0.29, 0.717) is 26.2 Å². The summed E-state index contributed by atoms with van der Waals surface area (Å²) in [6.45, 7) is 1.92. The molecule has 0 aromatic heterocycles. The van der Waals surface area contributed by atoms with Crippen molar-refractivity contribution >= 4 is 11.9 Å². The van der Waals surface area contributed by atoms with Gasteiger partial charge in [-0.05, 0) is 24.8 Å². The lowest BCUT2D eigenvalue weighted by molar-refractivity contribution is -0.140. The summed E-state index contributed by atoms with van der Waals surface area (Å²) in [5, 5.41) is 11.9. The number of ether oxygens (including phenoxy) is 1. The van der Waals surface area contributed by atoms with Gasteiger partial charge in [0.2, 0.25) is 5.91 Å². The van der Waals surface area contributed by atoms with E-state index in [1.54, 1.807) is 0 Å². The molecule has 1 heterocycles. The summed E-state index contributed by atoms with van der Waals surface area (Å²) < 4.78 is 5.47. The molecule has 0 spiro atoms. The van der Waals surface area contributed by atoms with Crippen molar-refractivity contribution in [3.05, 3.63) is 35.9 Å². The van der Waals surface area contributed by atoms with Crippen molar-refractivity contribution in [2.45, 2.75) is 24.7 Å². The third-order valence-corrected chi connectivity index (χ3v) is 4.88. The van der Waals surface area contributed by atoms with Gasteiger partial charge in [0.25, 0.3) is 0 Å². The number of rotatable bonds is 5. The number of hydrogen-bond donors (Lipinski definition) is 2. The van der Waals surface area contributed by atoms with Crippen LogP contribution in [0.2, 0.25) is 0 Å². The van der Waals surface area contributed by atoms with Crippen LogP contribution < -0.4 is 5.32 Å². The fraction of sp³-hybridized carbons (Fsp3) is 0.529. The van der Waals surface area contributed by atoms with Crippen LogP contribution in [0.5, 0.6) is 0 Å². The molecule has 1 saturated carbocycles. The van der Waals surface area contributed by atoms with Gasteiger partial charge in [-0.3, -0.25) is 9.59 Å². The minimum absolute atomic E-state index is 0.108. The molecule has 2 fully saturated rings. The molecule has 2 aliphatic rings. The van der Waals surface area contributed by atoms with Gasteiger partial charge in [-0.25, -0.2) is 0 Å². The van der Waals surface area contributed by atoms with Gasteiger partial charge >= 0.3 is 5.97 Å². The summed E-state index contributed by atoms with van der Waals surface area (Å²) >= 11 is 0. The van der Waals surface area contributed by atoms with Crippen molar-refractivity contribution in [3.63, 3.8) is 0 Å². The molecule has 1 aliphatic carbocycles. The number of benzene rings is 1. The van der Waals surface area contributed by atoms with Gasteiger partial charge in [-0.15, -0.1) is 0 Å². The van der Waals surface area contributed by atoms with E-state index in [2.05, 4.69) is 17.4 Å². The SMILES string of the molecule is O=C(NCC1(c2ccccc2)CCOCC1)[C@H]1C[C@H]1C(=O)O. The largest absolute Gasteiger partial charge is 0.481 e. The lowest BCUT2D eigenvalue weighted by Crippen LogP contribution is -2.45. The number of carboxylic acids is 1. The number of carbonyl (C=O) groups excluding carboxylic acids is 1. The average molecular weight is 303 g/mol. The van der Waals surface area contributed by atoms with E-state index in [4.69, 9.17) is 9.84 Å². The van der Waals surface area contributed by atoms with E-state index in [0.717, 1.165) is 12.8 Å². The van der Waals surface area contributed by atoms with Gasteiger partial charge in [0, 0.05) is 25.2 Å². The number of carbonyl (C=O) groups is 2. The number of carboxylic acid groups (broad SMARTS) is 1. The maximum atomic E-state index is 12.1. The van der Waals surface area contributed by atoms with E-state index < -0.39 is 11.9 Å². The Bertz CT molecular complexity index is 551. The van der Waals surface area contributed by atoms with Crippen LogP contribution in [0.3, 0.4) is 0 Å². The van der Waals surface area contributed by atoms with Gasteiger partial charge in [0.1, 0.15) is 0 Å². The second-order valence-corrected chi connectivity index (χ2v) is 6.26. The zero-order valence-electron chi connectivity index (χ0n) is 12.5. The van der Waals surface area contributed by atoms with Gasteiger partial charge < -0.3 is 15.2 Å². The Morgan fingerprint density at radius 2 is 1.86 bits per heavy atom. The summed E-state index contributed by atoms with van der Waals surface area (Å²) in [5.41, 5.74) is 1.10. The fourth-order valence-electron chi connectivity index (χ4n) is 3.27. The van der Waals surface area contributed by atoms with Crippen molar-refractivity contribution < 1.29 is 19.4 Å². The van der Waals surface area contributed by atoms with Crippen LogP contribution in [0.4, 0.5) is 0 Å². The number of aliphatic carboxylic acids is 1. The van der Waals surface area contributed by atoms with Gasteiger partial charge in [-0.1, -0.05) is 30.3 Å². The highest BCUT2D eigenvalue weighted by Gasteiger charge is 2.48. The van der Waals surface area contributed by atoms with Gasteiger partial charge in [0.15, 0.2) is 0 Å². The molecule has 0 radical (unpaired) electrons. The molecule has 3 rings (SSSR count). The second-order valence-electron chi connectivity index (χ2n) is 6.26. The average Bonchev–Trinajstić information content (AvgIpc) is 3.35. The molecular weight excluding hydrogens is 282 g/mol. The Morgan fingerprint density at radius 1 is 1.18 bits per heavy atom. The molecule has 2 N–H and O–H groups in total. The molecular formula is C17H21NO4. The maximum Gasteiger partial charge on any atom is 0.307 e. The molecule has 1 aromatic carbocycles. The summed E-state index contributed by atoms with van der Waals surface area (Å²) in [4.78, 5) is 23.0. The maximum absolute atomic E-state index is 12.1. The number of amides is 1. The van der Waals surface area contributed by atoms with E-state index in [-0.39, 0.29) is 17.2 Å². The molecule has 22 heavy (non-hydrogen) atoms. The zero-order valence-corrected chi connectivity index (χ0v) is 12.5. The van der Waals surface area contributed by atoms with E-state index in [9.17, 15) is 9.59 Å². The highest BCUT2D eigenvalue weighted by Crippen LogP contribution is 2.39. The number of nitrogens with one attached hydrogen (secondary N) is 1. The topological polar surface area (TPSA) is 75.6 Å². The molecule has 118 valence electrons. The smallest absolute Gasteiger partial charge is 0.307 e. The Morgan fingerprint density at radius 3 is 2.45 bits per heavy atom. The Kier molecular flexibility index (Phi) is 4.16. The minimum atomic E-state index is -0.871. The van der Waals surface area contributed by atoms with Crippen LogP contribution in [-0.2, 0) is 19.7 Å². The Labute approximate surface area is 129 Å².